The van der Waals surface area contributed by atoms with Gasteiger partial charge >= 0.3 is 0 Å². The van der Waals surface area contributed by atoms with E-state index in [1.54, 1.807) is 11.6 Å². The highest BCUT2D eigenvalue weighted by molar-refractivity contribution is 9.10. The Morgan fingerprint density at radius 2 is 1.96 bits per heavy atom. The average molecular weight is 429 g/mol. The molecule has 3 aromatic rings. The number of rotatable bonds is 6. The monoisotopic (exact) mass is 428 g/mol. The lowest BCUT2D eigenvalue weighted by molar-refractivity contribution is -0.116. The highest BCUT2D eigenvalue weighted by Gasteiger charge is 2.09. The van der Waals surface area contributed by atoms with Crippen molar-refractivity contribution >= 4 is 38.4 Å². The topological polar surface area (TPSA) is 60.3 Å². The number of amides is 1. The molecule has 27 heavy (non-hydrogen) atoms. The predicted octanol–water partition coefficient (Wildman–Crippen LogP) is 4.41. The number of benzene rings is 2. The van der Waals surface area contributed by atoms with Crippen molar-refractivity contribution in [2.75, 3.05) is 11.9 Å². The van der Waals surface area contributed by atoms with Crippen molar-refractivity contribution in [1.82, 2.24) is 4.57 Å². The van der Waals surface area contributed by atoms with Crippen molar-refractivity contribution in [3.05, 3.63) is 68.9 Å². The molecule has 0 fully saturated rings. The van der Waals surface area contributed by atoms with Crippen molar-refractivity contribution < 1.29 is 9.53 Å². The second kappa shape index (κ2) is 8.39. The molecule has 0 aliphatic heterocycles. The molecule has 6 heteroatoms. The second-order valence-electron chi connectivity index (χ2n) is 6.38. The van der Waals surface area contributed by atoms with E-state index in [0.717, 1.165) is 26.6 Å². The molecule has 5 nitrogen and oxygen atoms in total. The van der Waals surface area contributed by atoms with E-state index in [2.05, 4.69) is 21.2 Å². The lowest BCUT2D eigenvalue weighted by Crippen LogP contribution is -2.17. The molecule has 0 aliphatic carbocycles. The second-order valence-corrected chi connectivity index (χ2v) is 7.30. The van der Waals surface area contributed by atoms with Crippen molar-refractivity contribution in [2.45, 2.75) is 19.8 Å². The summed E-state index contributed by atoms with van der Waals surface area (Å²) in [7, 11) is 1.74. The van der Waals surface area contributed by atoms with Gasteiger partial charge in [0, 0.05) is 35.1 Å². The Morgan fingerprint density at radius 3 is 2.74 bits per heavy atom. The molecule has 0 radical (unpaired) electrons. The Hall–Kier alpha value is -2.60. The van der Waals surface area contributed by atoms with Crippen LogP contribution in [0.1, 0.15) is 18.4 Å². The van der Waals surface area contributed by atoms with E-state index in [0.29, 0.717) is 25.2 Å². The minimum atomic E-state index is -0.118. The van der Waals surface area contributed by atoms with Crippen LogP contribution in [0.5, 0.6) is 5.75 Å². The van der Waals surface area contributed by atoms with E-state index in [1.165, 1.54) is 6.07 Å². The normalized spacial score (nSPS) is 10.8. The summed E-state index contributed by atoms with van der Waals surface area (Å²) >= 11 is 3.41. The number of fused-ring (bicyclic) bond motifs is 1. The first-order chi connectivity index (χ1) is 13.0. The SMILES string of the molecule is Cc1cc(Br)ccc1NC(=O)CCCOc1cc(=O)n(C)c2ccccc12. The largest absolute Gasteiger partial charge is 0.493 e. The van der Waals surface area contributed by atoms with Crippen LogP contribution in [0.4, 0.5) is 5.69 Å². The highest BCUT2D eigenvalue weighted by atomic mass is 79.9. The molecule has 0 spiro atoms. The molecule has 0 bridgehead atoms. The molecular weight excluding hydrogens is 408 g/mol. The van der Waals surface area contributed by atoms with Gasteiger partial charge in [-0.1, -0.05) is 28.1 Å². The number of carbonyl (C=O) groups is 1. The first-order valence-corrected chi connectivity index (χ1v) is 9.52. The Balaban J connectivity index is 1.58. The molecule has 0 saturated heterocycles. The molecule has 0 atom stereocenters. The number of carbonyl (C=O) groups excluding carboxylic acids is 1. The Labute approximate surface area is 166 Å². The van der Waals surface area contributed by atoms with Crippen LogP contribution in [-0.4, -0.2) is 17.1 Å². The smallest absolute Gasteiger partial charge is 0.254 e. The molecule has 1 N–H and O–H groups in total. The number of nitrogens with one attached hydrogen (secondary N) is 1. The van der Waals surface area contributed by atoms with Crippen LogP contribution in [0.3, 0.4) is 0 Å². The zero-order chi connectivity index (χ0) is 19.4. The molecule has 3 rings (SSSR count). The maximum Gasteiger partial charge on any atom is 0.254 e. The standard InChI is InChI=1S/C21H21BrN2O3/c1-14-12-15(22)9-10-17(14)23-20(25)8-5-11-27-19-13-21(26)24(2)18-7-4-3-6-16(18)19/h3-4,6-7,9-10,12-13H,5,8,11H2,1-2H3,(H,23,25). The van der Waals surface area contributed by atoms with E-state index < -0.39 is 0 Å². The zero-order valence-electron chi connectivity index (χ0n) is 15.3. The number of aromatic nitrogens is 1. The third-order valence-electron chi connectivity index (χ3n) is 4.38. The molecule has 140 valence electrons. The van der Waals surface area contributed by atoms with Gasteiger partial charge in [0.2, 0.25) is 5.91 Å². The minimum Gasteiger partial charge on any atom is -0.493 e. The van der Waals surface area contributed by atoms with Crippen molar-refractivity contribution in [3.63, 3.8) is 0 Å². The molecule has 0 aliphatic rings. The minimum absolute atomic E-state index is 0.0575. The van der Waals surface area contributed by atoms with Gasteiger partial charge in [-0.3, -0.25) is 9.59 Å². The van der Waals surface area contributed by atoms with Crippen LogP contribution in [0.15, 0.2) is 57.8 Å². The third kappa shape index (κ3) is 4.57. The summed E-state index contributed by atoms with van der Waals surface area (Å²) < 4.78 is 8.37. The Kier molecular flexibility index (Phi) is 5.96. The number of nitrogens with zero attached hydrogens (tertiary/aromatic N) is 1. The Bertz CT molecular complexity index is 1040. The van der Waals surface area contributed by atoms with Gasteiger partial charge in [0.25, 0.3) is 5.56 Å². The predicted molar refractivity (Wildman–Crippen MR) is 111 cm³/mol. The van der Waals surface area contributed by atoms with Crippen molar-refractivity contribution in [3.8, 4) is 5.75 Å². The molecule has 0 saturated carbocycles. The van der Waals surface area contributed by atoms with Crippen LogP contribution in [0, 0.1) is 6.92 Å². The summed E-state index contributed by atoms with van der Waals surface area (Å²) in [5.74, 6) is 0.496. The molecule has 2 aromatic carbocycles. The highest BCUT2D eigenvalue weighted by Crippen LogP contribution is 2.23. The van der Waals surface area contributed by atoms with E-state index in [-0.39, 0.29) is 11.5 Å². The first-order valence-electron chi connectivity index (χ1n) is 8.73. The molecule has 1 aromatic heterocycles. The van der Waals surface area contributed by atoms with Gasteiger partial charge in [0.1, 0.15) is 5.75 Å². The van der Waals surface area contributed by atoms with E-state index in [4.69, 9.17) is 4.74 Å². The lowest BCUT2D eigenvalue weighted by Gasteiger charge is -2.12. The summed E-state index contributed by atoms with van der Waals surface area (Å²) in [4.78, 5) is 24.2. The third-order valence-corrected chi connectivity index (χ3v) is 4.88. The number of anilines is 1. The zero-order valence-corrected chi connectivity index (χ0v) is 16.9. The fourth-order valence-corrected chi connectivity index (χ4v) is 3.37. The van der Waals surface area contributed by atoms with Gasteiger partial charge in [-0.25, -0.2) is 0 Å². The van der Waals surface area contributed by atoms with Crippen molar-refractivity contribution in [1.29, 1.82) is 0 Å². The van der Waals surface area contributed by atoms with Crippen LogP contribution in [-0.2, 0) is 11.8 Å². The van der Waals surface area contributed by atoms with Crippen LogP contribution >= 0.6 is 15.9 Å². The van der Waals surface area contributed by atoms with Gasteiger partial charge in [0.15, 0.2) is 0 Å². The van der Waals surface area contributed by atoms with Gasteiger partial charge in [-0.2, -0.15) is 0 Å². The van der Waals surface area contributed by atoms with Gasteiger partial charge < -0.3 is 14.6 Å². The van der Waals surface area contributed by atoms with Crippen LogP contribution in [0.25, 0.3) is 10.9 Å². The molecule has 1 amide bonds. The maximum absolute atomic E-state index is 12.1. The van der Waals surface area contributed by atoms with E-state index in [9.17, 15) is 9.59 Å². The van der Waals surface area contributed by atoms with E-state index in [1.807, 2.05) is 49.4 Å². The maximum atomic E-state index is 12.1. The summed E-state index contributed by atoms with van der Waals surface area (Å²) in [6.07, 6.45) is 0.906. The number of aryl methyl sites for hydroxylation is 2. The van der Waals surface area contributed by atoms with Gasteiger partial charge in [-0.15, -0.1) is 0 Å². The number of ether oxygens (including phenoxy) is 1. The van der Waals surface area contributed by atoms with E-state index >= 15 is 0 Å². The number of pyridine rings is 1. The molecule has 1 heterocycles. The number of halogens is 1. The quantitative estimate of drug-likeness (QED) is 0.591. The fraction of sp³-hybridized carbons (Fsp3) is 0.238. The molecular formula is C21H21BrN2O3. The summed E-state index contributed by atoms with van der Waals surface area (Å²) in [6.45, 7) is 2.31. The fourth-order valence-electron chi connectivity index (χ4n) is 2.89. The summed E-state index contributed by atoms with van der Waals surface area (Å²) in [5.41, 5.74) is 2.51. The first kappa shape index (κ1) is 19.2. The Morgan fingerprint density at radius 1 is 1.19 bits per heavy atom. The summed E-state index contributed by atoms with van der Waals surface area (Å²) in [5, 5.41) is 3.80. The number of para-hydroxylation sites is 1. The molecule has 0 unspecified atom stereocenters. The van der Waals surface area contributed by atoms with Crippen LogP contribution < -0.4 is 15.6 Å². The summed E-state index contributed by atoms with van der Waals surface area (Å²) in [6, 6.07) is 14.8. The van der Waals surface area contributed by atoms with Crippen molar-refractivity contribution in [2.24, 2.45) is 7.05 Å². The average Bonchev–Trinajstić information content (AvgIpc) is 2.65. The van der Waals surface area contributed by atoms with Gasteiger partial charge in [0.05, 0.1) is 12.1 Å². The number of hydrogen-bond acceptors (Lipinski definition) is 3. The van der Waals surface area contributed by atoms with Gasteiger partial charge in [-0.05, 0) is 49.2 Å². The van der Waals surface area contributed by atoms with Crippen LogP contribution in [0.2, 0.25) is 0 Å². The lowest BCUT2D eigenvalue weighted by atomic mass is 10.2. The number of hydrogen-bond donors (Lipinski definition) is 1.